The molecule has 4 rings (SSSR count). The lowest BCUT2D eigenvalue weighted by atomic mass is 10.1. The summed E-state index contributed by atoms with van der Waals surface area (Å²) >= 11 is 1.83. The molecule has 0 unspecified atom stereocenters. The molecular weight excluding hydrogens is 260 g/mol. The first-order valence-electron chi connectivity index (χ1n) is 6.84. The average Bonchev–Trinajstić information content (AvgIpc) is 2.86. The van der Waals surface area contributed by atoms with E-state index in [0.717, 1.165) is 6.42 Å². The molecule has 96 valence electrons. The number of benzene rings is 3. The van der Waals surface area contributed by atoms with Crippen LogP contribution in [0.2, 0.25) is 0 Å². The summed E-state index contributed by atoms with van der Waals surface area (Å²) in [7, 11) is 0. The Balaban J connectivity index is 1.73. The Bertz CT molecular complexity index is 760. The Morgan fingerprint density at radius 2 is 1.35 bits per heavy atom. The standard InChI is InChI=1S/C19H14S/c1-2-7-16(8-3-1)20-17-11-10-15-12-14-6-4-5-9-18(14)19(15)13-17/h1-11,13H,12H2. The molecule has 0 saturated carbocycles. The third-order valence-corrected chi connectivity index (χ3v) is 4.75. The van der Waals surface area contributed by atoms with Gasteiger partial charge in [0.05, 0.1) is 0 Å². The molecule has 0 aromatic heterocycles. The van der Waals surface area contributed by atoms with Crippen LogP contribution in [0.15, 0.2) is 82.6 Å². The molecule has 3 aromatic carbocycles. The predicted molar refractivity (Wildman–Crippen MR) is 85.2 cm³/mol. The van der Waals surface area contributed by atoms with Gasteiger partial charge in [-0.25, -0.2) is 0 Å². The van der Waals surface area contributed by atoms with Crippen LogP contribution < -0.4 is 0 Å². The highest BCUT2D eigenvalue weighted by Crippen LogP contribution is 2.39. The largest absolute Gasteiger partial charge is 0.0901 e. The summed E-state index contributed by atoms with van der Waals surface area (Å²) < 4.78 is 0. The topological polar surface area (TPSA) is 0 Å². The lowest BCUT2D eigenvalue weighted by molar-refractivity contribution is 1.25. The summed E-state index contributed by atoms with van der Waals surface area (Å²) in [6.45, 7) is 0. The van der Waals surface area contributed by atoms with Gasteiger partial charge in [-0.1, -0.05) is 60.3 Å². The van der Waals surface area contributed by atoms with Crippen molar-refractivity contribution in [1.82, 2.24) is 0 Å². The average molecular weight is 274 g/mol. The second kappa shape index (κ2) is 4.84. The molecule has 3 aromatic rings. The van der Waals surface area contributed by atoms with Crippen LogP contribution in [0.1, 0.15) is 11.1 Å². The van der Waals surface area contributed by atoms with Crippen molar-refractivity contribution in [2.75, 3.05) is 0 Å². The molecule has 0 nitrogen and oxygen atoms in total. The first kappa shape index (κ1) is 11.8. The lowest BCUT2D eigenvalue weighted by Crippen LogP contribution is -1.80. The fourth-order valence-electron chi connectivity index (χ4n) is 2.79. The van der Waals surface area contributed by atoms with Gasteiger partial charge < -0.3 is 0 Å². The molecule has 0 N–H and O–H groups in total. The molecule has 0 amide bonds. The van der Waals surface area contributed by atoms with E-state index in [1.807, 2.05) is 11.8 Å². The summed E-state index contributed by atoms with van der Waals surface area (Å²) in [5.41, 5.74) is 5.70. The molecule has 0 heterocycles. The monoisotopic (exact) mass is 274 g/mol. The maximum absolute atomic E-state index is 2.33. The molecule has 1 aliphatic rings. The van der Waals surface area contributed by atoms with Gasteiger partial charge in [0.1, 0.15) is 0 Å². The summed E-state index contributed by atoms with van der Waals surface area (Å²) in [5.74, 6) is 0. The molecule has 1 aliphatic carbocycles. The first-order valence-corrected chi connectivity index (χ1v) is 7.66. The molecule has 0 radical (unpaired) electrons. The number of fused-ring (bicyclic) bond motifs is 3. The van der Waals surface area contributed by atoms with Crippen molar-refractivity contribution in [1.29, 1.82) is 0 Å². The summed E-state index contributed by atoms with van der Waals surface area (Å²) in [6.07, 6.45) is 1.07. The number of hydrogen-bond donors (Lipinski definition) is 0. The van der Waals surface area contributed by atoms with Crippen LogP contribution in [-0.4, -0.2) is 0 Å². The Morgan fingerprint density at radius 3 is 2.25 bits per heavy atom. The Kier molecular flexibility index (Phi) is 2.86. The SMILES string of the molecule is c1ccc(Sc2ccc3c(c2)-c2ccccc2C3)cc1. The maximum Gasteiger partial charge on any atom is 0.0128 e. The number of rotatable bonds is 2. The normalized spacial score (nSPS) is 12.0. The van der Waals surface area contributed by atoms with Gasteiger partial charge in [-0.15, -0.1) is 0 Å². The molecule has 0 bridgehead atoms. The van der Waals surface area contributed by atoms with Gasteiger partial charge in [0.15, 0.2) is 0 Å². The van der Waals surface area contributed by atoms with E-state index < -0.39 is 0 Å². The zero-order chi connectivity index (χ0) is 13.4. The quantitative estimate of drug-likeness (QED) is 0.471. The molecule has 1 heteroatoms. The van der Waals surface area contributed by atoms with Crippen molar-refractivity contribution in [2.45, 2.75) is 16.2 Å². The second-order valence-corrected chi connectivity index (χ2v) is 6.21. The van der Waals surface area contributed by atoms with Crippen molar-refractivity contribution in [3.05, 3.63) is 83.9 Å². The fourth-order valence-corrected chi connectivity index (χ4v) is 3.67. The van der Waals surface area contributed by atoms with Crippen LogP contribution in [0.25, 0.3) is 11.1 Å². The van der Waals surface area contributed by atoms with Crippen LogP contribution in [0, 0.1) is 0 Å². The van der Waals surface area contributed by atoms with Crippen LogP contribution in [-0.2, 0) is 6.42 Å². The molecule has 0 spiro atoms. The Labute approximate surface area is 123 Å². The third kappa shape index (κ3) is 2.04. The first-order chi connectivity index (χ1) is 9.90. The zero-order valence-electron chi connectivity index (χ0n) is 11.0. The summed E-state index contributed by atoms with van der Waals surface area (Å²) in [5, 5.41) is 0. The van der Waals surface area contributed by atoms with E-state index in [1.165, 1.54) is 32.0 Å². The van der Waals surface area contributed by atoms with E-state index in [9.17, 15) is 0 Å². The molecule has 0 fully saturated rings. The minimum Gasteiger partial charge on any atom is -0.0901 e. The van der Waals surface area contributed by atoms with Crippen LogP contribution in [0.5, 0.6) is 0 Å². The van der Waals surface area contributed by atoms with Gasteiger partial charge in [-0.3, -0.25) is 0 Å². The molecule has 0 saturated heterocycles. The maximum atomic E-state index is 2.33. The van der Waals surface area contributed by atoms with Crippen molar-refractivity contribution in [2.24, 2.45) is 0 Å². The van der Waals surface area contributed by atoms with Gasteiger partial charge in [0, 0.05) is 9.79 Å². The second-order valence-electron chi connectivity index (χ2n) is 5.07. The van der Waals surface area contributed by atoms with E-state index in [1.54, 1.807) is 0 Å². The van der Waals surface area contributed by atoms with Crippen molar-refractivity contribution in [3.63, 3.8) is 0 Å². The highest BCUT2D eigenvalue weighted by molar-refractivity contribution is 7.99. The highest BCUT2D eigenvalue weighted by atomic mass is 32.2. The zero-order valence-corrected chi connectivity index (χ0v) is 11.9. The molecular formula is C19H14S. The van der Waals surface area contributed by atoms with Crippen molar-refractivity contribution in [3.8, 4) is 11.1 Å². The van der Waals surface area contributed by atoms with Gasteiger partial charge in [0.25, 0.3) is 0 Å². The van der Waals surface area contributed by atoms with Crippen LogP contribution in [0.3, 0.4) is 0 Å². The molecule has 0 aliphatic heterocycles. The summed E-state index contributed by atoms with van der Waals surface area (Å²) in [6, 6.07) is 26.1. The Hall–Kier alpha value is -1.99. The van der Waals surface area contributed by atoms with Gasteiger partial charge in [0.2, 0.25) is 0 Å². The van der Waals surface area contributed by atoms with E-state index in [2.05, 4.69) is 72.8 Å². The summed E-state index contributed by atoms with van der Waals surface area (Å²) in [4.78, 5) is 2.60. The Morgan fingerprint density at radius 1 is 0.600 bits per heavy atom. The van der Waals surface area contributed by atoms with Gasteiger partial charge >= 0.3 is 0 Å². The van der Waals surface area contributed by atoms with E-state index in [4.69, 9.17) is 0 Å². The van der Waals surface area contributed by atoms with Crippen LogP contribution in [0.4, 0.5) is 0 Å². The minimum absolute atomic E-state index is 1.07. The smallest absolute Gasteiger partial charge is 0.0128 e. The third-order valence-electron chi connectivity index (χ3n) is 3.75. The van der Waals surface area contributed by atoms with Gasteiger partial charge in [-0.05, 0) is 52.9 Å². The molecule has 0 atom stereocenters. The van der Waals surface area contributed by atoms with Crippen molar-refractivity contribution < 1.29 is 0 Å². The van der Waals surface area contributed by atoms with Crippen LogP contribution >= 0.6 is 11.8 Å². The van der Waals surface area contributed by atoms with E-state index >= 15 is 0 Å². The van der Waals surface area contributed by atoms with E-state index in [0.29, 0.717) is 0 Å². The fraction of sp³-hybridized carbons (Fsp3) is 0.0526. The minimum atomic E-state index is 1.07. The molecule has 20 heavy (non-hydrogen) atoms. The highest BCUT2D eigenvalue weighted by Gasteiger charge is 2.17. The number of hydrogen-bond acceptors (Lipinski definition) is 1. The van der Waals surface area contributed by atoms with Crippen molar-refractivity contribution >= 4 is 11.8 Å². The van der Waals surface area contributed by atoms with Gasteiger partial charge in [-0.2, -0.15) is 0 Å². The predicted octanol–water partition coefficient (Wildman–Crippen LogP) is 5.41. The van der Waals surface area contributed by atoms with E-state index in [-0.39, 0.29) is 0 Å². The lowest BCUT2D eigenvalue weighted by Gasteiger charge is -2.05.